The van der Waals surface area contributed by atoms with Gasteiger partial charge in [-0.25, -0.2) is 17.9 Å². The first kappa shape index (κ1) is 20.4. The van der Waals surface area contributed by atoms with E-state index in [0.29, 0.717) is 11.4 Å². The third-order valence-corrected chi connectivity index (χ3v) is 4.99. The van der Waals surface area contributed by atoms with Crippen LogP contribution < -0.4 is 21.1 Å². The Kier molecular flexibility index (Phi) is 5.87. The molecule has 3 amide bonds. The molecule has 8 nitrogen and oxygen atoms in total. The normalized spacial score (nSPS) is 11.7. The van der Waals surface area contributed by atoms with E-state index in [9.17, 15) is 18.0 Å². The molecular formula is C18H22N4O4S. The Bertz CT molecular complexity index is 965. The van der Waals surface area contributed by atoms with Gasteiger partial charge in [-0.05, 0) is 57.2 Å². The van der Waals surface area contributed by atoms with E-state index in [-0.39, 0.29) is 10.5 Å². The molecule has 0 bridgehead atoms. The molecule has 0 unspecified atom stereocenters. The molecule has 2 rings (SSSR count). The summed E-state index contributed by atoms with van der Waals surface area (Å²) in [6, 6.07) is 11.4. The lowest BCUT2D eigenvalue weighted by Crippen LogP contribution is -2.40. The first-order valence-electron chi connectivity index (χ1n) is 8.08. The number of sulfonamides is 1. The van der Waals surface area contributed by atoms with Crippen molar-refractivity contribution in [3.8, 4) is 0 Å². The van der Waals surface area contributed by atoms with Crippen LogP contribution in [-0.4, -0.2) is 25.9 Å². The Balaban J connectivity index is 2.21. The lowest BCUT2D eigenvalue weighted by atomic mass is 10.1. The van der Waals surface area contributed by atoms with Crippen molar-refractivity contribution in [2.75, 3.05) is 10.6 Å². The standard InChI is InChI=1S/C18H22N4O4S/c1-18(2,3)22-27(25,26)15-9-5-8-14(11-15)20-16(23)12-6-4-7-13(10-12)21-17(19)24/h4-11,22H,1-3H3,(H,20,23)(H3,19,21,24). The first-order chi connectivity index (χ1) is 12.5. The van der Waals surface area contributed by atoms with Gasteiger partial charge < -0.3 is 16.4 Å². The number of carbonyl (C=O) groups excluding carboxylic acids is 2. The molecule has 0 saturated heterocycles. The van der Waals surface area contributed by atoms with Crippen molar-refractivity contribution >= 4 is 33.3 Å². The van der Waals surface area contributed by atoms with Crippen LogP contribution in [-0.2, 0) is 10.0 Å². The zero-order chi connectivity index (χ0) is 20.2. The van der Waals surface area contributed by atoms with E-state index in [4.69, 9.17) is 5.73 Å². The summed E-state index contributed by atoms with van der Waals surface area (Å²) >= 11 is 0. The second kappa shape index (κ2) is 7.77. The number of nitrogens with two attached hydrogens (primary N) is 1. The summed E-state index contributed by atoms with van der Waals surface area (Å²) in [6.45, 7) is 5.22. The minimum absolute atomic E-state index is 0.0411. The molecule has 0 aliphatic rings. The van der Waals surface area contributed by atoms with Gasteiger partial charge in [0.05, 0.1) is 4.90 Å². The first-order valence-corrected chi connectivity index (χ1v) is 9.56. The van der Waals surface area contributed by atoms with E-state index >= 15 is 0 Å². The number of primary amides is 1. The van der Waals surface area contributed by atoms with Crippen molar-refractivity contribution in [2.24, 2.45) is 5.73 Å². The SMILES string of the molecule is CC(C)(C)NS(=O)(=O)c1cccc(NC(=O)c2cccc(NC(N)=O)c2)c1. The van der Waals surface area contributed by atoms with Crippen LogP contribution in [0.5, 0.6) is 0 Å². The highest BCUT2D eigenvalue weighted by Gasteiger charge is 2.22. The zero-order valence-corrected chi connectivity index (χ0v) is 16.1. The number of hydrogen-bond acceptors (Lipinski definition) is 4. The summed E-state index contributed by atoms with van der Waals surface area (Å²) in [6.07, 6.45) is 0. The monoisotopic (exact) mass is 390 g/mol. The van der Waals surface area contributed by atoms with E-state index in [1.54, 1.807) is 45.0 Å². The Labute approximate surface area is 158 Å². The van der Waals surface area contributed by atoms with Crippen molar-refractivity contribution in [3.05, 3.63) is 54.1 Å². The quantitative estimate of drug-likeness (QED) is 0.625. The van der Waals surface area contributed by atoms with Gasteiger partial charge in [0.25, 0.3) is 5.91 Å². The van der Waals surface area contributed by atoms with E-state index in [1.807, 2.05) is 0 Å². The van der Waals surface area contributed by atoms with Gasteiger partial charge in [-0.1, -0.05) is 12.1 Å². The van der Waals surface area contributed by atoms with Gasteiger partial charge in [-0.3, -0.25) is 4.79 Å². The average molecular weight is 390 g/mol. The Morgan fingerprint density at radius 1 is 0.926 bits per heavy atom. The lowest BCUT2D eigenvalue weighted by molar-refractivity contribution is 0.102. The van der Waals surface area contributed by atoms with Gasteiger partial charge in [0.2, 0.25) is 10.0 Å². The predicted molar refractivity (Wildman–Crippen MR) is 104 cm³/mol. The average Bonchev–Trinajstić information content (AvgIpc) is 2.52. The Morgan fingerprint density at radius 2 is 1.52 bits per heavy atom. The maximum absolute atomic E-state index is 12.4. The van der Waals surface area contributed by atoms with Crippen LogP contribution in [0.2, 0.25) is 0 Å². The molecule has 5 N–H and O–H groups in total. The number of benzene rings is 2. The second-order valence-electron chi connectivity index (χ2n) is 6.91. The molecule has 0 atom stereocenters. The van der Waals surface area contributed by atoms with E-state index in [0.717, 1.165) is 0 Å². The van der Waals surface area contributed by atoms with E-state index in [1.165, 1.54) is 24.3 Å². The molecule has 0 fully saturated rings. The number of nitrogens with one attached hydrogen (secondary N) is 3. The van der Waals surface area contributed by atoms with E-state index < -0.39 is 27.5 Å². The van der Waals surface area contributed by atoms with Crippen molar-refractivity contribution in [2.45, 2.75) is 31.2 Å². The minimum Gasteiger partial charge on any atom is -0.351 e. The summed E-state index contributed by atoms with van der Waals surface area (Å²) in [4.78, 5) is 23.4. The summed E-state index contributed by atoms with van der Waals surface area (Å²) in [5.41, 5.74) is 5.41. The third-order valence-electron chi connectivity index (χ3n) is 3.24. The summed E-state index contributed by atoms with van der Waals surface area (Å²) in [5, 5.41) is 5.02. The van der Waals surface area contributed by atoms with Crippen molar-refractivity contribution in [1.29, 1.82) is 0 Å². The Hall–Kier alpha value is -2.91. The van der Waals surface area contributed by atoms with E-state index in [2.05, 4.69) is 15.4 Å². The van der Waals surface area contributed by atoms with Crippen LogP contribution in [0.25, 0.3) is 0 Å². The van der Waals surface area contributed by atoms with Gasteiger partial charge in [0, 0.05) is 22.5 Å². The summed E-state index contributed by atoms with van der Waals surface area (Å²) in [7, 11) is -3.72. The summed E-state index contributed by atoms with van der Waals surface area (Å²) < 4.78 is 27.4. The fourth-order valence-corrected chi connectivity index (χ4v) is 3.75. The molecule has 0 saturated carbocycles. The fraction of sp³-hybridized carbons (Fsp3) is 0.222. The molecule has 0 aliphatic heterocycles. The van der Waals surface area contributed by atoms with Crippen LogP contribution in [0, 0.1) is 0 Å². The molecule has 0 spiro atoms. The molecule has 9 heteroatoms. The second-order valence-corrected chi connectivity index (χ2v) is 8.59. The molecule has 0 heterocycles. The van der Waals surface area contributed by atoms with Crippen LogP contribution >= 0.6 is 0 Å². The number of rotatable bonds is 5. The van der Waals surface area contributed by atoms with Crippen molar-refractivity contribution in [1.82, 2.24) is 4.72 Å². The van der Waals surface area contributed by atoms with Gasteiger partial charge in [-0.2, -0.15) is 0 Å². The van der Waals surface area contributed by atoms with Gasteiger partial charge in [0.1, 0.15) is 0 Å². The topological polar surface area (TPSA) is 130 Å². The lowest BCUT2D eigenvalue weighted by Gasteiger charge is -2.20. The molecule has 144 valence electrons. The van der Waals surface area contributed by atoms with Gasteiger partial charge >= 0.3 is 6.03 Å². The number of anilines is 2. The predicted octanol–water partition coefficient (Wildman–Crippen LogP) is 2.51. The highest BCUT2D eigenvalue weighted by Crippen LogP contribution is 2.19. The summed E-state index contributed by atoms with van der Waals surface area (Å²) in [5.74, 6) is -0.457. The highest BCUT2D eigenvalue weighted by molar-refractivity contribution is 7.89. The minimum atomic E-state index is -3.72. The molecule has 0 aromatic heterocycles. The maximum atomic E-state index is 12.4. The molecule has 0 aliphatic carbocycles. The maximum Gasteiger partial charge on any atom is 0.316 e. The highest BCUT2D eigenvalue weighted by atomic mass is 32.2. The molecule has 2 aromatic rings. The van der Waals surface area contributed by atoms with Crippen molar-refractivity contribution < 1.29 is 18.0 Å². The Morgan fingerprint density at radius 3 is 2.11 bits per heavy atom. The number of amides is 3. The zero-order valence-electron chi connectivity index (χ0n) is 15.2. The molecule has 2 aromatic carbocycles. The van der Waals surface area contributed by atoms with Gasteiger partial charge in [-0.15, -0.1) is 0 Å². The fourth-order valence-electron chi connectivity index (χ4n) is 2.29. The smallest absolute Gasteiger partial charge is 0.316 e. The largest absolute Gasteiger partial charge is 0.351 e. The van der Waals surface area contributed by atoms with Crippen LogP contribution in [0.3, 0.4) is 0 Å². The molecule has 27 heavy (non-hydrogen) atoms. The number of hydrogen-bond donors (Lipinski definition) is 4. The van der Waals surface area contributed by atoms with Gasteiger partial charge in [0.15, 0.2) is 0 Å². The molecule has 0 radical (unpaired) electrons. The number of urea groups is 1. The molecular weight excluding hydrogens is 368 g/mol. The van der Waals surface area contributed by atoms with Crippen LogP contribution in [0.1, 0.15) is 31.1 Å². The number of carbonyl (C=O) groups is 2. The van der Waals surface area contributed by atoms with Crippen LogP contribution in [0.15, 0.2) is 53.4 Å². The third kappa shape index (κ3) is 6.08. The van der Waals surface area contributed by atoms with Crippen LogP contribution in [0.4, 0.5) is 16.2 Å². The van der Waals surface area contributed by atoms with Crippen molar-refractivity contribution in [3.63, 3.8) is 0 Å².